The zero-order valence-corrected chi connectivity index (χ0v) is 19.8. The molecule has 0 aliphatic heterocycles. The molecular formula is C22H31IN4O2. The molecule has 158 valence electrons. The molecule has 0 aromatic heterocycles. The Morgan fingerprint density at radius 1 is 0.931 bits per heavy atom. The largest absolute Gasteiger partial charge is 0.488 e. The first-order valence-electron chi connectivity index (χ1n) is 9.39. The van der Waals surface area contributed by atoms with Gasteiger partial charge in [0.25, 0.3) is 0 Å². The number of benzene rings is 2. The molecule has 0 saturated carbocycles. The van der Waals surface area contributed by atoms with Crippen molar-refractivity contribution in [2.75, 3.05) is 13.6 Å². The van der Waals surface area contributed by atoms with Crippen molar-refractivity contribution in [2.45, 2.75) is 39.5 Å². The van der Waals surface area contributed by atoms with Crippen LogP contribution in [-0.4, -0.2) is 31.1 Å². The number of halogens is 1. The highest BCUT2D eigenvalue weighted by molar-refractivity contribution is 14.0. The molecule has 29 heavy (non-hydrogen) atoms. The van der Waals surface area contributed by atoms with Crippen molar-refractivity contribution in [1.29, 1.82) is 0 Å². The number of carbonyl (C=O) groups excluding carboxylic acids is 1. The van der Waals surface area contributed by atoms with Gasteiger partial charge in [0.2, 0.25) is 5.91 Å². The van der Waals surface area contributed by atoms with Gasteiger partial charge in [0.1, 0.15) is 11.4 Å². The average molecular weight is 510 g/mol. The van der Waals surface area contributed by atoms with Crippen molar-refractivity contribution < 1.29 is 9.53 Å². The van der Waals surface area contributed by atoms with Crippen LogP contribution < -0.4 is 20.7 Å². The van der Waals surface area contributed by atoms with E-state index in [0.29, 0.717) is 19.0 Å². The molecule has 2 aromatic rings. The van der Waals surface area contributed by atoms with Gasteiger partial charge in [0.15, 0.2) is 5.96 Å². The number of para-hydroxylation sites is 1. The van der Waals surface area contributed by atoms with Crippen molar-refractivity contribution in [3.05, 3.63) is 65.7 Å². The molecule has 0 heterocycles. The molecule has 2 rings (SSSR count). The summed E-state index contributed by atoms with van der Waals surface area (Å²) in [4.78, 5) is 16.2. The molecule has 0 spiro atoms. The first-order valence-corrected chi connectivity index (χ1v) is 9.39. The molecular weight excluding hydrogens is 479 g/mol. The standard InChI is InChI=1S/C22H30N4O2.HI/c1-22(2,3)28-19-13-9-8-12-18(19)15-25-21(23-4)26-16-20(27)24-14-17-10-6-5-7-11-17;/h5-13H,14-16H2,1-4H3,(H,24,27)(H2,23,25,26);1H. The van der Waals surface area contributed by atoms with E-state index in [1.165, 1.54) is 0 Å². The highest BCUT2D eigenvalue weighted by Gasteiger charge is 2.14. The molecule has 0 fully saturated rings. The number of guanidine groups is 1. The van der Waals surface area contributed by atoms with Crippen LogP contribution in [-0.2, 0) is 17.9 Å². The van der Waals surface area contributed by atoms with Crippen LogP contribution in [0.4, 0.5) is 0 Å². The Morgan fingerprint density at radius 2 is 1.59 bits per heavy atom. The molecule has 0 bridgehead atoms. The van der Waals surface area contributed by atoms with Gasteiger partial charge >= 0.3 is 0 Å². The van der Waals surface area contributed by atoms with Crippen LogP contribution >= 0.6 is 24.0 Å². The normalized spacial score (nSPS) is 11.2. The van der Waals surface area contributed by atoms with Gasteiger partial charge in [-0.2, -0.15) is 0 Å². The van der Waals surface area contributed by atoms with E-state index in [1.54, 1.807) is 7.05 Å². The Hall–Kier alpha value is -2.29. The molecule has 0 atom stereocenters. The fraction of sp³-hybridized carbons (Fsp3) is 0.364. The van der Waals surface area contributed by atoms with Gasteiger partial charge in [-0.1, -0.05) is 48.5 Å². The zero-order valence-electron chi connectivity index (χ0n) is 17.5. The molecule has 0 aliphatic rings. The van der Waals surface area contributed by atoms with Crippen LogP contribution in [0.5, 0.6) is 5.75 Å². The molecule has 1 amide bonds. The number of ether oxygens (including phenoxy) is 1. The maximum Gasteiger partial charge on any atom is 0.239 e. The van der Waals surface area contributed by atoms with Gasteiger partial charge in [-0.25, -0.2) is 0 Å². The SMILES string of the molecule is CN=C(NCC(=O)NCc1ccccc1)NCc1ccccc1OC(C)(C)C.I. The molecule has 0 radical (unpaired) electrons. The fourth-order valence-corrected chi connectivity index (χ4v) is 2.50. The van der Waals surface area contributed by atoms with E-state index in [4.69, 9.17) is 4.74 Å². The number of hydrogen-bond acceptors (Lipinski definition) is 3. The Morgan fingerprint density at radius 3 is 2.24 bits per heavy atom. The summed E-state index contributed by atoms with van der Waals surface area (Å²) in [5.74, 6) is 1.29. The van der Waals surface area contributed by atoms with Crippen LogP contribution in [0.1, 0.15) is 31.9 Å². The number of nitrogens with one attached hydrogen (secondary N) is 3. The molecule has 6 nitrogen and oxygen atoms in total. The monoisotopic (exact) mass is 510 g/mol. The van der Waals surface area contributed by atoms with E-state index in [9.17, 15) is 4.79 Å². The fourth-order valence-electron chi connectivity index (χ4n) is 2.50. The van der Waals surface area contributed by atoms with Gasteiger partial charge in [0, 0.05) is 25.7 Å². The lowest BCUT2D eigenvalue weighted by Gasteiger charge is -2.23. The van der Waals surface area contributed by atoms with E-state index in [-0.39, 0.29) is 42.0 Å². The second-order valence-electron chi connectivity index (χ2n) is 7.36. The number of carbonyl (C=O) groups is 1. The minimum absolute atomic E-state index is 0. The number of aliphatic imine (C=N–C) groups is 1. The predicted octanol–water partition coefficient (Wildman–Crippen LogP) is 3.46. The third-order valence-electron chi connectivity index (χ3n) is 3.81. The molecule has 0 saturated heterocycles. The van der Waals surface area contributed by atoms with Crippen LogP contribution in [0.3, 0.4) is 0 Å². The minimum atomic E-state index is -0.271. The highest BCUT2D eigenvalue weighted by atomic mass is 127. The first kappa shape index (κ1) is 24.7. The third kappa shape index (κ3) is 9.65. The van der Waals surface area contributed by atoms with Gasteiger partial charge in [0.05, 0.1) is 6.54 Å². The number of amides is 1. The van der Waals surface area contributed by atoms with Crippen molar-refractivity contribution >= 4 is 35.8 Å². The predicted molar refractivity (Wildman–Crippen MR) is 129 cm³/mol. The van der Waals surface area contributed by atoms with E-state index in [1.807, 2.05) is 75.4 Å². The number of nitrogens with zero attached hydrogens (tertiary/aromatic N) is 1. The molecule has 0 unspecified atom stereocenters. The third-order valence-corrected chi connectivity index (χ3v) is 3.81. The van der Waals surface area contributed by atoms with Crippen molar-refractivity contribution in [1.82, 2.24) is 16.0 Å². The number of hydrogen-bond donors (Lipinski definition) is 3. The molecule has 2 aromatic carbocycles. The maximum absolute atomic E-state index is 12.0. The zero-order chi connectivity index (χ0) is 20.4. The quantitative estimate of drug-likeness (QED) is 0.303. The first-order chi connectivity index (χ1) is 13.4. The van der Waals surface area contributed by atoms with Crippen molar-refractivity contribution in [3.8, 4) is 5.75 Å². The van der Waals surface area contributed by atoms with Crippen LogP contribution in [0, 0.1) is 0 Å². The lowest BCUT2D eigenvalue weighted by molar-refractivity contribution is -0.120. The van der Waals surface area contributed by atoms with E-state index in [0.717, 1.165) is 16.9 Å². The van der Waals surface area contributed by atoms with E-state index < -0.39 is 0 Å². The van der Waals surface area contributed by atoms with Crippen molar-refractivity contribution in [2.24, 2.45) is 4.99 Å². The average Bonchev–Trinajstić information content (AvgIpc) is 2.67. The van der Waals surface area contributed by atoms with Crippen LogP contribution in [0.2, 0.25) is 0 Å². The Labute approximate surface area is 190 Å². The number of rotatable bonds is 7. The summed E-state index contributed by atoms with van der Waals surface area (Å²) in [6.45, 7) is 7.25. The summed E-state index contributed by atoms with van der Waals surface area (Å²) in [6, 6.07) is 17.7. The lowest BCUT2D eigenvalue weighted by Crippen LogP contribution is -2.42. The highest BCUT2D eigenvalue weighted by Crippen LogP contribution is 2.22. The van der Waals surface area contributed by atoms with E-state index >= 15 is 0 Å². The molecule has 3 N–H and O–H groups in total. The smallest absolute Gasteiger partial charge is 0.239 e. The summed E-state index contributed by atoms with van der Waals surface area (Å²) >= 11 is 0. The Balaban J connectivity index is 0.00000420. The summed E-state index contributed by atoms with van der Waals surface area (Å²) in [5, 5.41) is 9.13. The van der Waals surface area contributed by atoms with E-state index in [2.05, 4.69) is 20.9 Å². The second-order valence-corrected chi connectivity index (χ2v) is 7.36. The summed E-state index contributed by atoms with van der Waals surface area (Å²) < 4.78 is 6.01. The van der Waals surface area contributed by atoms with Gasteiger partial charge < -0.3 is 20.7 Å². The van der Waals surface area contributed by atoms with Crippen LogP contribution in [0.15, 0.2) is 59.6 Å². The topological polar surface area (TPSA) is 74.8 Å². The summed E-state index contributed by atoms with van der Waals surface area (Å²) in [7, 11) is 1.68. The minimum Gasteiger partial charge on any atom is -0.488 e. The molecule has 7 heteroatoms. The van der Waals surface area contributed by atoms with Gasteiger partial charge in [-0.3, -0.25) is 9.79 Å². The maximum atomic E-state index is 12.0. The van der Waals surface area contributed by atoms with Gasteiger partial charge in [-0.15, -0.1) is 24.0 Å². The molecule has 0 aliphatic carbocycles. The van der Waals surface area contributed by atoms with Crippen LogP contribution in [0.25, 0.3) is 0 Å². The summed E-state index contributed by atoms with van der Waals surface area (Å²) in [6.07, 6.45) is 0. The Kier molecular flexibility index (Phi) is 10.5. The second kappa shape index (κ2) is 12.3. The Bertz CT molecular complexity index is 789. The van der Waals surface area contributed by atoms with Crippen molar-refractivity contribution in [3.63, 3.8) is 0 Å². The summed E-state index contributed by atoms with van der Waals surface area (Å²) in [5.41, 5.74) is 1.81. The van der Waals surface area contributed by atoms with Gasteiger partial charge in [-0.05, 0) is 32.4 Å². The lowest BCUT2D eigenvalue weighted by atomic mass is 10.1.